The number of nitrogens with one attached hydrogen (secondary N) is 3. The van der Waals surface area contributed by atoms with Crippen molar-refractivity contribution in [3.05, 3.63) is 95.6 Å². The van der Waals surface area contributed by atoms with Gasteiger partial charge < -0.3 is 26.6 Å². The molecule has 1 heterocycles. The molecule has 1 aliphatic heterocycles. The van der Waals surface area contributed by atoms with Crippen LogP contribution >= 0.6 is 0 Å². The predicted molar refractivity (Wildman–Crippen MR) is 163 cm³/mol. The summed E-state index contributed by atoms with van der Waals surface area (Å²) >= 11 is 0. The summed E-state index contributed by atoms with van der Waals surface area (Å²) in [4.78, 5) is 28.3. The SMILES string of the molecule is Nc1ccccc1NC(=O)C=Cc1ccc(C(NCCN2CCCCC2)C(=O)Nc2ccc(C3CC3)cc2)cc1. The Kier molecular flexibility index (Phi) is 9.26. The van der Waals surface area contributed by atoms with E-state index >= 15 is 0 Å². The first-order valence-corrected chi connectivity index (χ1v) is 14.4. The molecule has 2 amide bonds. The Morgan fingerprint density at radius 3 is 2.33 bits per heavy atom. The zero-order valence-electron chi connectivity index (χ0n) is 22.9. The molecule has 5 rings (SSSR count). The van der Waals surface area contributed by atoms with E-state index in [1.54, 1.807) is 18.2 Å². The van der Waals surface area contributed by atoms with E-state index in [9.17, 15) is 9.59 Å². The zero-order chi connectivity index (χ0) is 27.7. The first kappa shape index (κ1) is 27.6. The molecule has 3 aromatic rings. The highest BCUT2D eigenvalue weighted by Gasteiger charge is 2.24. The Labute approximate surface area is 236 Å². The highest BCUT2D eigenvalue weighted by molar-refractivity contribution is 6.03. The van der Waals surface area contributed by atoms with Crippen molar-refractivity contribution in [1.29, 1.82) is 0 Å². The minimum Gasteiger partial charge on any atom is -0.397 e. The van der Waals surface area contributed by atoms with E-state index in [0.29, 0.717) is 17.3 Å². The second-order valence-electron chi connectivity index (χ2n) is 10.8. The van der Waals surface area contributed by atoms with Crippen molar-refractivity contribution in [3.8, 4) is 0 Å². The van der Waals surface area contributed by atoms with Gasteiger partial charge in [-0.25, -0.2) is 0 Å². The zero-order valence-corrected chi connectivity index (χ0v) is 22.9. The average molecular weight is 538 g/mol. The molecule has 208 valence electrons. The number of piperidine rings is 1. The van der Waals surface area contributed by atoms with Gasteiger partial charge in [0, 0.05) is 24.9 Å². The molecule has 7 heteroatoms. The van der Waals surface area contributed by atoms with E-state index in [1.807, 2.05) is 48.5 Å². The number of benzene rings is 3. The molecular formula is C33H39N5O2. The van der Waals surface area contributed by atoms with Gasteiger partial charge in [0.2, 0.25) is 11.8 Å². The molecule has 1 saturated carbocycles. The van der Waals surface area contributed by atoms with Gasteiger partial charge in [0.25, 0.3) is 0 Å². The maximum Gasteiger partial charge on any atom is 0.248 e. The van der Waals surface area contributed by atoms with Gasteiger partial charge in [-0.2, -0.15) is 0 Å². The summed E-state index contributed by atoms with van der Waals surface area (Å²) < 4.78 is 0. The van der Waals surface area contributed by atoms with Crippen LogP contribution in [0.5, 0.6) is 0 Å². The number of amides is 2. The molecule has 1 unspecified atom stereocenters. The van der Waals surface area contributed by atoms with Gasteiger partial charge in [0.1, 0.15) is 6.04 Å². The number of carbonyl (C=O) groups excluding carboxylic acids is 2. The van der Waals surface area contributed by atoms with Gasteiger partial charge in [-0.1, -0.05) is 55.0 Å². The van der Waals surface area contributed by atoms with Crippen LogP contribution in [0.1, 0.15) is 60.8 Å². The quantitative estimate of drug-likeness (QED) is 0.190. The summed E-state index contributed by atoms with van der Waals surface area (Å²) in [6, 6.07) is 22.6. The predicted octanol–water partition coefficient (Wildman–Crippen LogP) is 5.55. The fourth-order valence-electron chi connectivity index (χ4n) is 5.14. The Balaban J connectivity index is 1.23. The Morgan fingerprint density at radius 2 is 1.62 bits per heavy atom. The molecule has 3 aromatic carbocycles. The van der Waals surface area contributed by atoms with Crippen LogP contribution < -0.4 is 21.7 Å². The lowest BCUT2D eigenvalue weighted by atomic mass is 10.0. The molecule has 1 atom stereocenters. The molecule has 0 spiro atoms. The monoisotopic (exact) mass is 537 g/mol. The molecule has 2 fully saturated rings. The maximum atomic E-state index is 13.5. The summed E-state index contributed by atoms with van der Waals surface area (Å²) in [6.45, 7) is 3.89. The minimum atomic E-state index is -0.490. The molecule has 5 N–H and O–H groups in total. The Morgan fingerprint density at radius 1 is 0.900 bits per heavy atom. The van der Waals surface area contributed by atoms with Crippen molar-refractivity contribution in [2.75, 3.05) is 42.5 Å². The van der Waals surface area contributed by atoms with Crippen LogP contribution in [0.4, 0.5) is 17.1 Å². The van der Waals surface area contributed by atoms with Crippen molar-refractivity contribution in [1.82, 2.24) is 10.2 Å². The number of anilines is 3. The summed E-state index contributed by atoms with van der Waals surface area (Å²) in [5.74, 6) is 0.344. The second-order valence-corrected chi connectivity index (χ2v) is 10.8. The van der Waals surface area contributed by atoms with E-state index < -0.39 is 6.04 Å². The first-order chi connectivity index (χ1) is 19.5. The smallest absolute Gasteiger partial charge is 0.248 e. The maximum absolute atomic E-state index is 13.5. The number of rotatable bonds is 11. The molecule has 1 aliphatic carbocycles. The molecule has 1 saturated heterocycles. The van der Waals surface area contributed by atoms with E-state index in [4.69, 9.17) is 5.73 Å². The lowest BCUT2D eigenvalue weighted by Crippen LogP contribution is -2.40. The van der Waals surface area contributed by atoms with Crippen LogP contribution in [-0.2, 0) is 9.59 Å². The minimum absolute atomic E-state index is 0.0825. The number of nitrogens with two attached hydrogens (primary N) is 1. The van der Waals surface area contributed by atoms with Gasteiger partial charge in [0.05, 0.1) is 11.4 Å². The van der Waals surface area contributed by atoms with Gasteiger partial charge in [-0.15, -0.1) is 0 Å². The molecule has 40 heavy (non-hydrogen) atoms. The van der Waals surface area contributed by atoms with Gasteiger partial charge in [0.15, 0.2) is 0 Å². The molecule has 0 bridgehead atoms. The van der Waals surface area contributed by atoms with Crippen LogP contribution in [-0.4, -0.2) is 42.9 Å². The second kappa shape index (κ2) is 13.4. The van der Waals surface area contributed by atoms with Crippen LogP contribution in [0.15, 0.2) is 78.9 Å². The van der Waals surface area contributed by atoms with Gasteiger partial charge >= 0.3 is 0 Å². The third-order valence-electron chi connectivity index (χ3n) is 7.63. The highest BCUT2D eigenvalue weighted by Crippen LogP contribution is 2.40. The Hall–Kier alpha value is -3.94. The lowest BCUT2D eigenvalue weighted by molar-refractivity contribution is -0.118. The summed E-state index contributed by atoms with van der Waals surface area (Å²) in [7, 11) is 0. The Bertz CT molecular complexity index is 1310. The summed E-state index contributed by atoms with van der Waals surface area (Å²) in [6.07, 6.45) is 9.53. The van der Waals surface area contributed by atoms with Crippen LogP contribution in [0.2, 0.25) is 0 Å². The van der Waals surface area contributed by atoms with Crippen LogP contribution in [0.25, 0.3) is 6.08 Å². The molecule has 7 nitrogen and oxygen atoms in total. The topological polar surface area (TPSA) is 99.5 Å². The van der Waals surface area contributed by atoms with E-state index in [2.05, 4.69) is 33.0 Å². The van der Waals surface area contributed by atoms with E-state index in [0.717, 1.165) is 43.0 Å². The van der Waals surface area contributed by atoms with Gasteiger partial charge in [-0.3, -0.25) is 9.59 Å². The normalized spacial score (nSPS) is 16.5. The van der Waals surface area contributed by atoms with E-state index in [-0.39, 0.29) is 11.8 Å². The molecule has 2 aliphatic rings. The summed E-state index contributed by atoms with van der Waals surface area (Å²) in [5, 5.41) is 9.40. The summed E-state index contributed by atoms with van der Waals surface area (Å²) in [5.41, 5.74) is 10.9. The fraction of sp³-hybridized carbons (Fsp3) is 0.333. The molecule has 0 aromatic heterocycles. The fourth-order valence-corrected chi connectivity index (χ4v) is 5.14. The first-order valence-electron chi connectivity index (χ1n) is 14.4. The average Bonchev–Trinajstić information content (AvgIpc) is 3.83. The van der Waals surface area contributed by atoms with Crippen LogP contribution in [0.3, 0.4) is 0 Å². The number of nitrogen functional groups attached to an aromatic ring is 1. The van der Waals surface area contributed by atoms with Crippen molar-refractivity contribution in [3.63, 3.8) is 0 Å². The number of likely N-dealkylation sites (tertiary alicyclic amines) is 1. The van der Waals surface area contributed by atoms with Crippen molar-refractivity contribution in [2.45, 2.75) is 44.1 Å². The third kappa shape index (κ3) is 7.81. The lowest BCUT2D eigenvalue weighted by Gasteiger charge is -2.27. The number of hydrogen-bond acceptors (Lipinski definition) is 5. The highest BCUT2D eigenvalue weighted by atomic mass is 16.2. The van der Waals surface area contributed by atoms with Gasteiger partial charge in [-0.05, 0) is 91.7 Å². The van der Waals surface area contributed by atoms with Crippen molar-refractivity contribution < 1.29 is 9.59 Å². The number of para-hydroxylation sites is 2. The number of carbonyl (C=O) groups is 2. The molecular weight excluding hydrogens is 498 g/mol. The molecule has 0 radical (unpaired) electrons. The van der Waals surface area contributed by atoms with Crippen molar-refractivity contribution >= 4 is 35.0 Å². The largest absolute Gasteiger partial charge is 0.397 e. The number of hydrogen-bond donors (Lipinski definition) is 4. The van der Waals surface area contributed by atoms with E-state index in [1.165, 1.54) is 43.7 Å². The third-order valence-corrected chi connectivity index (χ3v) is 7.63. The van der Waals surface area contributed by atoms with Crippen LogP contribution in [0, 0.1) is 0 Å². The number of nitrogens with zero attached hydrogens (tertiary/aromatic N) is 1. The van der Waals surface area contributed by atoms with Crippen molar-refractivity contribution in [2.24, 2.45) is 0 Å². The standard InChI is InChI=1S/C33H39N5O2/c34-29-6-2-3-7-30(29)37-31(39)19-10-24-8-11-27(12-9-24)32(35-20-23-38-21-4-1-5-22-38)33(40)36-28-17-15-26(16-18-28)25-13-14-25/h2-3,6-12,15-19,25,32,35H,1,4-5,13-14,20-23,34H2,(H,36,40)(H,37,39).